The molecule has 1 fully saturated rings. The molecule has 0 aromatic carbocycles. The molecule has 5 nitrogen and oxygen atoms in total. The van der Waals surface area contributed by atoms with Gasteiger partial charge in [-0.25, -0.2) is 0 Å². The lowest BCUT2D eigenvalue weighted by Gasteiger charge is -2.27. The van der Waals surface area contributed by atoms with Crippen LogP contribution in [0.2, 0.25) is 5.02 Å². The summed E-state index contributed by atoms with van der Waals surface area (Å²) in [6.07, 6.45) is 4.30. The third-order valence-corrected chi connectivity index (χ3v) is 4.52. The fourth-order valence-corrected chi connectivity index (χ4v) is 3.21. The first kappa shape index (κ1) is 15.3. The Kier molecular flexibility index (Phi) is 5.05. The Labute approximate surface area is 124 Å². The summed E-state index contributed by atoms with van der Waals surface area (Å²) >= 11 is 6.31. The molecule has 112 valence electrons. The van der Waals surface area contributed by atoms with E-state index in [2.05, 4.69) is 10.4 Å². The number of rotatable bonds is 5. The summed E-state index contributed by atoms with van der Waals surface area (Å²) in [5.74, 6) is -0.891. The van der Waals surface area contributed by atoms with E-state index in [9.17, 15) is 4.79 Å². The van der Waals surface area contributed by atoms with E-state index in [1.807, 2.05) is 18.7 Å². The Bertz CT molecular complexity index is 487. The van der Waals surface area contributed by atoms with Crippen LogP contribution in [0.25, 0.3) is 0 Å². The van der Waals surface area contributed by atoms with E-state index in [-0.39, 0.29) is 12.0 Å². The second kappa shape index (κ2) is 6.59. The molecule has 1 saturated carbocycles. The van der Waals surface area contributed by atoms with Gasteiger partial charge in [0.2, 0.25) is 0 Å². The quantitative estimate of drug-likeness (QED) is 0.876. The number of aliphatic carboxylic acids is 1. The zero-order valence-electron chi connectivity index (χ0n) is 12.0. The number of nitrogens with zero attached hydrogens (tertiary/aromatic N) is 2. The van der Waals surface area contributed by atoms with Gasteiger partial charge in [-0.3, -0.25) is 9.48 Å². The normalized spacial score (nSPS) is 22.9. The molecule has 1 aliphatic carbocycles. The molecule has 0 aliphatic heterocycles. The van der Waals surface area contributed by atoms with Crippen molar-refractivity contribution in [3.8, 4) is 0 Å². The van der Waals surface area contributed by atoms with Gasteiger partial charge in [0.15, 0.2) is 0 Å². The Balaban J connectivity index is 1.95. The zero-order valence-corrected chi connectivity index (χ0v) is 12.8. The highest BCUT2D eigenvalue weighted by molar-refractivity contribution is 6.31. The molecule has 0 bridgehead atoms. The minimum absolute atomic E-state index is 0.213. The van der Waals surface area contributed by atoms with E-state index in [4.69, 9.17) is 16.7 Å². The number of carboxylic acids is 1. The number of aryl methyl sites for hydroxylation is 2. The summed E-state index contributed by atoms with van der Waals surface area (Å²) in [5.41, 5.74) is 1.89. The minimum Gasteiger partial charge on any atom is -0.481 e. The average Bonchev–Trinajstić information content (AvgIpc) is 2.71. The van der Waals surface area contributed by atoms with E-state index in [1.54, 1.807) is 0 Å². The van der Waals surface area contributed by atoms with Gasteiger partial charge in [-0.1, -0.05) is 24.9 Å². The summed E-state index contributed by atoms with van der Waals surface area (Å²) in [7, 11) is 1.89. The van der Waals surface area contributed by atoms with Gasteiger partial charge in [-0.2, -0.15) is 5.10 Å². The molecule has 2 rings (SSSR count). The molecular formula is C14H22ClN3O2. The third kappa shape index (κ3) is 3.33. The first-order valence-electron chi connectivity index (χ1n) is 7.19. The number of aromatic nitrogens is 2. The third-order valence-electron chi connectivity index (χ3n) is 4.08. The van der Waals surface area contributed by atoms with Crippen LogP contribution in [0, 0.1) is 5.92 Å². The fourth-order valence-electron chi connectivity index (χ4n) is 2.85. The van der Waals surface area contributed by atoms with Crippen LogP contribution in [-0.2, 0) is 24.8 Å². The molecule has 0 spiro atoms. The van der Waals surface area contributed by atoms with Crippen molar-refractivity contribution < 1.29 is 9.90 Å². The van der Waals surface area contributed by atoms with Crippen molar-refractivity contribution in [3.05, 3.63) is 16.4 Å². The molecule has 0 amide bonds. The molecule has 0 saturated heterocycles. The topological polar surface area (TPSA) is 67.2 Å². The molecule has 0 radical (unpaired) electrons. The monoisotopic (exact) mass is 299 g/mol. The van der Waals surface area contributed by atoms with E-state index in [1.165, 1.54) is 0 Å². The number of carboxylic acid groups (broad SMARTS) is 1. The van der Waals surface area contributed by atoms with Crippen LogP contribution >= 0.6 is 11.6 Å². The van der Waals surface area contributed by atoms with Crippen LogP contribution in [0.3, 0.4) is 0 Å². The van der Waals surface area contributed by atoms with Crippen molar-refractivity contribution in [1.82, 2.24) is 15.1 Å². The van der Waals surface area contributed by atoms with Crippen LogP contribution in [0.15, 0.2) is 0 Å². The highest BCUT2D eigenvalue weighted by atomic mass is 35.5. The SMILES string of the molecule is CCc1nn(C)c(CNC2CCCC(C(=O)O)C2)c1Cl. The summed E-state index contributed by atoms with van der Waals surface area (Å²) in [6, 6.07) is 0.251. The maximum absolute atomic E-state index is 11.1. The van der Waals surface area contributed by atoms with Crippen molar-refractivity contribution in [2.45, 2.75) is 51.6 Å². The second-order valence-corrected chi connectivity index (χ2v) is 5.84. The highest BCUT2D eigenvalue weighted by Gasteiger charge is 2.27. The lowest BCUT2D eigenvalue weighted by atomic mass is 9.86. The molecule has 1 heterocycles. The van der Waals surface area contributed by atoms with Crippen LogP contribution in [-0.4, -0.2) is 26.9 Å². The largest absolute Gasteiger partial charge is 0.481 e. The number of hydrogen-bond donors (Lipinski definition) is 2. The van der Waals surface area contributed by atoms with Crippen molar-refractivity contribution in [2.24, 2.45) is 13.0 Å². The van der Waals surface area contributed by atoms with E-state index < -0.39 is 5.97 Å². The van der Waals surface area contributed by atoms with Crippen molar-refractivity contribution in [2.75, 3.05) is 0 Å². The molecule has 2 atom stereocenters. The fraction of sp³-hybridized carbons (Fsp3) is 0.714. The van der Waals surface area contributed by atoms with Gasteiger partial charge in [0.1, 0.15) is 0 Å². The highest BCUT2D eigenvalue weighted by Crippen LogP contribution is 2.26. The predicted octanol–water partition coefficient (Wildman–Crippen LogP) is 2.37. The standard InChI is InChI=1S/C14H22ClN3O2/c1-3-11-13(15)12(18(2)17-11)8-16-10-6-4-5-9(7-10)14(19)20/h9-10,16H,3-8H2,1-2H3,(H,19,20). The zero-order chi connectivity index (χ0) is 14.7. The Morgan fingerprint density at radius 3 is 2.90 bits per heavy atom. The van der Waals surface area contributed by atoms with E-state index >= 15 is 0 Å². The van der Waals surface area contributed by atoms with Crippen LogP contribution in [0.1, 0.15) is 44.0 Å². The lowest BCUT2D eigenvalue weighted by molar-refractivity contribution is -0.143. The van der Waals surface area contributed by atoms with E-state index in [0.717, 1.165) is 42.1 Å². The van der Waals surface area contributed by atoms with Crippen molar-refractivity contribution in [3.63, 3.8) is 0 Å². The molecule has 2 N–H and O–H groups in total. The van der Waals surface area contributed by atoms with Gasteiger partial charge in [-0.05, 0) is 25.7 Å². The maximum atomic E-state index is 11.1. The molecule has 1 aromatic heterocycles. The van der Waals surface area contributed by atoms with Crippen LogP contribution < -0.4 is 5.32 Å². The summed E-state index contributed by atoms with van der Waals surface area (Å²) < 4.78 is 1.81. The minimum atomic E-state index is -0.677. The predicted molar refractivity (Wildman–Crippen MR) is 77.8 cm³/mol. The number of halogens is 1. The molecule has 6 heteroatoms. The molecule has 1 aromatic rings. The number of nitrogens with one attached hydrogen (secondary N) is 1. The number of hydrogen-bond acceptors (Lipinski definition) is 3. The maximum Gasteiger partial charge on any atom is 0.306 e. The van der Waals surface area contributed by atoms with E-state index in [0.29, 0.717) is 13.0 Å². The summed E-state index contributed by atoms with van der Waals surface area (Å²) in [6.45, 7) is 2.67. The summed E-state index contributed by atoms with van der Waals surface area (Å²) in [4.78, 5) is 11.1. The molecular weight excluding hydrogens is 278 g/mol. The first-order chi connectivity index (χ1) is 9.52. The van der Waals surface area contributed by atoms with Crippen LogP contribution in [0.5, 0.6) is 0 Å². The second-order valence-electron chi connectivity index (χ2n) is 5.46. The Hall–Kier alpha value is -1.07. The van der Waals surface area contributed by atoms with Gasteiger partial charge in [-0.15, -0.1) is 0 Å². The van der Waals surface area contributed by atoms with Gasteiger partial charge in [0.25, 0.3) is 0 Å². The molecule has 1 aliphatic rings. The average molecular weight is 300 g/mol. The van der Waals surface area contributed by atoms with Crippen LogP contribution in [0.4, 0.5) is 0 Å². The summed E-state index contributed by atoms with van der Waals surface area (Å²) in [5, 5.41) is 17.7. The van der Waals surface area contributed by atoms with Gasteiger partial charge >= 0.3 is 5.97 Å². The lowest BCUT2D eigenvalue weighted by Crippen LogP contribution is -2.36. The van der Waals surface area contributed by atoms with Gasteiger partial charge < -0.3 is 10.4 Å². The molecule has 20 heavy (non-hydrogen) atoms. The Morgan fingerprint density at radius 1 is 1.55 bits per heavy atom. The molecule has 2 unspecified atom stereocenters. The number of carbonyl (C=O) groups is 1. The van der Waals surface area contributed by atoms with Gasteiger partial charge in [0, 0.05) is 19.6 Å². The van der Waals surface area contributed by atoms with Crippen molar-refractivity contribution >= 4 is 17.6 Å². The first-order valence-corrected chi connectivity index (χ1v) is 7.57. The Morgan fingerprint density at radius 2 is 2.30 bits per heavy atom. The smallest absolute Gasteiger partial charge is 0.306 e. The van der Waals surface area contributed by atoms with Crippen molar-refractivity contribution in [1.29, 1.82) is 0 Å². The van der Waals surface area contributed by atoms with Gasteiger partial charge in [0.05, 0.1) is 22.3 Å².